The van der Waals surface area contributed by atoms with Crippen molar-refractivity contribution in [1.82, 2.24) is 0 Å². The molecule has 0 aliphatic carbocycles. The number of hydrogen-bond acceptors (Lipinski definition) is 5. The fourth-order valence-electron chi connectivity index (χ4n) is 4.47. The molecule has 4 rings (SSSR count). The maximum absolute atomic E-state index is 13.4. The minimum absolute atomic E-state index is 0.279. The minimum atomic E-state index is -0.515. The van der Waals surface area contributed by atoms with E-state index in [1.807, 2.05) is 48.5 Å². The number of methoxy groups -OCH3 is 1. The highest BCUT2D eigenvalue weighted by atomic mass is 16.6. The van der Waals surface area contributed by atoms with Crippen LogP contribution in [0.15, 0.2) is 60.7 Å². The quantitative estimate of drug-likeness (QED) is 0.507. The van der Waals surface area contributed by atoms with Crippen LogP contribution in [-0.2, 0) is 22.4 Å². The van der Waals surface area contributed by atoms with Gasteiger partial charge in [0.05, 0.1) is 7.11 Å². The van der Waals surface area contributed by atoms with Crippen LogP contribution in [0.25, 0.3) is 0 Å². The smallest absolute Gasteiger partial charge is 0.329 e. The Morgan fingerprint density at radius 2 is 1.79 bits per heavy atom. The van der Waals surface area contributed by atoms with Crippen molar-refractivity contribution in [3.05, 3.63) is 88.5 Å². The fraction of sp³-hybridized carbons (Fsp3) is 0.321. The van der Waals surface area contributed by atoms with E-state index in [-0.39, 0.29) is 12.1 Å². The van der Waals surface area contributed by atoms with Crippen LogP contribution in [-0.4, -0.2) is 31.8 Å². The van der Waals surface area contributed by atoms with Gasteiger partial charge in [-0.1, -0.05) is 60.2 Å². The molecule has 0 aromatic heterocycles. The van der Waals surface area contributed by atoms with Gasteiger partial charge in [-0.25, -0.2) is 4.79 Å². The molecule has 1 heterocycles. The maximum Gasteiger partial charge on any atom is 0.329 e. The van der Waals surface area contributed by atoms with Gasteiger partial charge in [-0.05, 0) is 43.5 Å². The van der Waals surface area contributed by atoms with Gasteiger partial charge >= 0.3 is 5.97 Å². The highest BCUT2D eigenvalue weighted by molar-refractivity contribution is 5.81. The van der Waals surface area contributed by atoms with E-state index in [0.717, 1.165) is 33.7 Å². The van der Waals surface area contributed by atoms with E-state index < -0.39 is 6.04 Å². The molecular weight excluding hydrogens is 414 g/mol. The summed E-state index contributed by atoms with van der Waals surface area (Å²) in [5.74, 6) is 1.15. The molecule has 0 saturated carbocycles. The van der Waals surface area contributed by atoms with Crippen LogP contribution < -0.4 is 14.8 Å². The predicted molar refractivity (Wildman–Crippen MR) is 130 cm³/mol. The van der Waals surface area contributed by atoms with Gasteiger partial charge in [0, 0.05) is 24.1 Å². The van der Waals surface area contributed by atoms with Gasteiger partial charge in [-0.2, -0.15) is 0 Å². The molecule has 33 heavy (non-hydrogen) atoms. The maximum atomic E-state index is 13.4. The molecule has 1 aliphatic heterocycles. The van der Waals surface area contributed by atoms with Crippen molar-refractivity contribution < 1.29 is 19.0 Å². The Balaban J connectivity index is 1.53. The number of anilines is 1. The predicted octanol–water partition coefficient (Wildman–Crippen LogP) is 5.19. The van der Waals surface area contributed by atoms with Crippen LogP contribution in [0, 0.1) is 20.8 Å². The van der Waals surface area contributed by atoms with Gasteiger partial charge in [0.15, 0.2) is 11.5 Å². The number of nitrogens with one attached hydrogen (secondary N) is 1. The summed E-state index contributed by atoms with van der Waals surface area (Å²) in [4.78, 5) is 13.4. The molecule has 5 heteroatoms. The number of hydrogen-bond donors (Lipinski definition) is 1. The Labute approximate surface area is 195 Å². The zero-order valence-corrected chi connectivity index (χ0v) is 19.7. The number of esters is 1. The van der Waals surface area contributed by atoms with Gasteiger partial charge in [-0.15, -0.1) is 0 Å². The van der Waals surface area contributed by atoms with E-state index in [0.29, 0.717) is 25.2 Å². The lowest BCUT2D eigenvalue weighted by Gasteiger charge is -2.28. The first-order chi connectivity index (χ1) is 15.9. The van der Waals surface area contributed by atoms with E-state index in [4.69, 9.17) is 14.2 Å². The first-order valence-electron chi connectivity index (χ1n) is 11.3. The number of fused-ring (bicyclic) bond motifs is 1. The standard InChI is InChI=1S/C28H31NO4/c1-18-13-19(2)26(20(3)14-18)29-24(15-21-9-6-5-7-10-21)28(30)33-23-16-22-11-8-12-25(31-4)27(22)32-17-23/h5-14,23-24,29H,15-17H2,1-4H3/t23?,24-/m0/s1. The average Bonchev–Trinajstić information content (AvgIpc) is 2.80. The molecule has 1 unspecified atom stereocenters. The van der Waals surface area contributed by atoms with Gasteiger partial charge in [-0.3, -0.25) is 0 Å². The van der Waals surface area contributed by atoms with Gasteiger partial charge in [0.25, 0.3) is 0 Å². The highest BCUT2D eigenvalue weighted by Gasteiger charge is 2.29. The lowest BCUT2D eigenvalue weighted by molar-refractivity contribution is -0.152. The second kappa shape index (κ2) is 9.99. The molecule has 0 spiro atoms. The highest BCUT2D eigenvalue weighted by Crippen LogP contribution is 2.35. The minimum Gasteiger partial charge on any atom is -0.493 e. The number of carbonyl (C=O) groups excluding carboxylic acids is 1. The van der Waals surface area contributed by atoms with Crippen molar-refractivity contribution in [3.63, 3.8) is 0 Å². The zero-order chi connectivity index (χ0) is 23.4. The number of aryl methyl sites for hydroxylation is 3. The molecule has 0 amide bonds. The Morgan fingerprint density at radius 1 is 1.06 bits per heavy atom. The molecule has 0 fully saturated rings. The molecule has 0 bridgehead atoms. The molecule has 3 aromatic rings. The summed E-state index contributed by atoms with van der Waals surface area (Å²) in [5, 5.41) is 3.48. The van der Waals surface area contributed by atoms with Crippen LogP contribution in [0.5, 0.6) is 11.5 Å². The molecule has 0 saturated heterocycles. The Bertz CT molecular complexity index is 1100. The number of ether oxygens (including phenoxy) is 3. The largest absolute Gasteiger partial charge is 0.493 e. The fourth-order valence-corrected chi connectivity index (χ4v) is 4.47. The SMILES string of the molecule is COc1cccc2c1OCC(OC(=O)[C@H](Cc1ccccc1)Nc1c(C)cc(C)cc1C)C2. The number of carbonyl (C=O) groups is 1. The summed E-state index contributed by atoms with van der Waals surface area (Å²) in [6.07, 6.45) is 0.779. The number of rotatable bonds is 7. The number of para-hydroxylation sites is 1. The van der Waals surface area contributed by atoms with Crippen molar-refractivity contribution in [2.75, 3.05) is 19.0 Å². The van der Waals surface area contributed by atoms with Crippen molar-refractivity contribution in [3.8, 4) is 11.5 Å². The number of benzene rings is 3. The lowest BCUT2D eigenvalue weighted by atomic mass is 10.0. The molecular formula is C28H31NO4. The van der Waals surface area contributed by atoms with E-state index in [1.54, 1.807) is 7.11 Å². The third kappa shape index (κ3) is 5.30. The van der Waals surface area contributed by atoms with Gasteiger partial charge < -0.3 is 19.5 Å². The van der Waals surface area contributed by atoms with Crippen LogP contribution in [0.1, 0.15) is 27.8 Å². The van der Waals surface area contributed by atoms with Crippen molar-refractivity contribution in [2.24, 2.45) is 0 Å². The average molecular weight is 446 g/mol. The summed E-state index contributed by atoms with van der Waals surface area (Å²) in [7, 11) is 1.62. The molecule has 5 nitrogen and oxygen atoms in total. The summed E-state index contributed by atoms with van der Waals surface area (Å²) in [5.41, 5.74) is 6.46. The van der Waals surface area contributed by atoms with Crippen LogP contribution >= 0.6 is 0 Å². The summed E-state index contributed by atoms with van der Waals surface area (Å²) < 4.78 is 17.3. The summed E-state index contributed by atoms with van der Waals surface area (Å²) in [6.45, 7) is 6.51. The summed E-state index contributed by atoms with van der Waals surface area (Å²) in [6, 6.07) is 19.5. The first kappa shape index (κ1) is 22.7. The second-order valence-corrected chi connectivity index (χ2v) is 8.68. The van der Waals surface area contributed by atoms with Crippen LogP contribution in [0.4, 0.5) is 5.69 Å². The van der Waals surface area contributed by atoms with Crippen molar-refractivity contribution >= 4 is 11.7 Å². The molecule has 1 N–H and O–H groups in total. The second-order valence-electron chi connectivity index (χ2n) is 8.68. The molecule has 2 atom stereocenters. The van der Waals surface area contributed by atoms with E-state index in [2.05, 4.69) is 38.2 Å². The third-order valence-corrected chi connectivity index (χ3v) is 5.99. The van der Waals surface area contributed by atoms with E-state index in [9.17, 15) is 4.79 Å². The van der Waals surface area contributed by atoms with Crippen LogP contribution in [0.3, 0.4) is 0 Å². The Kier molecular flexibility index (Phi) is 6.87. The molecule has 3 aromatic carbocycles. The van der Waals surface area contributed by atoms with Gasteiger partial charge in [0.1, 0.15) is 18.8 Å². The van der Waals surface area contributed by atoms with Crippen LogP contribution in [0.2, 0.25) is 0 Å². The normalized spacial score (nSPS) is 15.7. The van der Waals surface area contributed by atoms with E-state index >= 15 is 0 Å². The van der Waals surface area contributed by atoms with Crippen molar-refractivity contribution in [2.45, 2.75) is 45.8 Å². The van der Waals surface area contributed by atoms with E-state index in [1.165, 1.54) is 5.56 Å². The topological polar surface area (TPSA) is 56.8 Å². The van der Waals surface area contributed by atoms with Gasteiger partial charge in [0.2, 0.25) is 0 Å². The molecule has 0 radical (unpaired) electrons. The third-order valence-electron chi connectivity index (χ3n) is 5.99. The first-order valence-corrected chi connectivity index (χ1v) is 11.3. The molecule has 1 aliphatic rings. The Morgan fingerprint density at radius 3 is 2.48 bits per heavy atom. The van der Waals surface area contributed by atoms with Crippen molar-refractivity contribution in [1.29, 1.82) is 0 Å². The monoisotopic (exact) mass is 445 g/mol. The molecule has 172 valence electrons. The summed E-state index contributed by atoms with van der Waals surface area (Å²) >= 11 is 0. The lowest BCUT2D eigenvalue weighted by Crippen LogP contribution is -2.39. The Hall–Kier alpha value is -3.47. The zero-order valence-electron chi connectivity index (χ0n) is 19.7.